The molecular formula is C21H25N5O2. The van der Waals surface area contributed by atoms with Gasteiger partial charge < -0.3 is 21.7 Å². The number of amides is 3. The van der Waals surface area contributed by atoms with Crippen LogP contribution in [0.3, 0.4) is 0 Å². The molecule has 0 aliphatic rings. The molecule has 0 aliphatic heterocycles. The molecule has 2 aromatic rings. The van der Waals surface area contributed by atoms with E-state index in [2.05, 4.69) is 16.0 Å². The number of nitrogens with zero attached hydrogens (tertiary/aromatic N) is 1. The summed E-state index contributed by atoms with van der Waals surface area (Å²) in [6, 6.07) is 15.3. The number of nitrogens with one attached hydrogen (secondary N) is 3. The summed E-state index contributed by atoms with van der Waals surface area (Å²) in [4.78, 5) is 24.5. The molecule has 0 radical (unpaired) electrons. The van der Waals surface area contributed by atoms with Crippen molar-refractivity contribution in [3.05, 3.63) is 65.2 Å². The van der Waals surface area contributed by atoms with Crippen molar-refractivity contribution in [1.29, 1.82) is 5.26 Å². The number of benzene rings is 2. The second kappa shape index (κ2) is 9.53. The molecule has 3 amide bonds. The molecule has 0 heterocycles. The van der Waals surface area contributed by atoms with Gasteiger partial charge >= 0.3 is 6.03 Å². The van der Waals surface area contributed by atoms with E-state index in [0.717, 1.165) is 5.56 Å². The van der Waals surface area contributed by atoms with Gasteiger partial charge in [-0.2, -0.15) is 5.26 Å². The Morgan fingerprint density at radius 2 is 1.86 bits per heavy atom. The predicted octanol–water partition coefficient (Wildman–Crippen LogP) is 2.74. The molecule has 0 aromatic heterocycles. The van der Waals surface area contributed by atoms with Crippen LogP contribution in [0.25, 0.3) is 0 Å². The third kappa shape index (κ3) is 6.41. The topological polar surface area (TPSA) is 120 Å². The summed E-state index contributed by atoms with van der Waals surface area (Å²) in [6.07, 6.45) is 0.676. The number of nitriles is 1. The van der Waals surface area contributed by atoms with Crippen LogP contribution in [0.1, 0.15) is 41.8 Å². The number of carbonyl (C=O) groups excluding carboxylic acids is 2. The van der Waals surface area contributed by atoms with Crippen molar-refractivity contribution < 1.29 is 9.59 Å². The third-order valence-electron chi connectivity index (χ3n) is 4.14. The van der Waals surface area contributed by atoms with E-state index >= 15 is 0 Å². The molecule has 0 spiro atoms. The fraction of sp³-hybridized carbons (Fsp3) is 0.286. The summed E-state index contributed by atoms with van der Waals surface area (Å²) in [7, 11) is 0. The van der Waals surface area contributed by atoms with Crippen molar-refractivity contribution in [2.24, 2.45) is 5.73 Å². The molecule has 0 unspecified atom stereocenters. The lowest BCUT2D eigenvalue weighted by atomic mass is 10.00. The maximum atomic E-state index is 12.4. The highest BCUT2D eigenvalue weighted by molar-refractivity contribution is 5.95. The minimum Gasteiger partial charge on any atom is -0.347 e. The van der Waals surface area contributed by atoms with Crippen LogP contribution in [0.15, 0.2) is 48.5 Å². The maximum Gasteiger partial charge on any atom is 0.319 e. The van der Waals surface area contributed by atoms with Crippen molar-refractivity contribution in [3.8, 4) is 6.07 Å². The highest BCUT2D eigenvalue weighted by atomic mass is 16.2. The van der Waals surface area contributed by atoms with Gasteiger partial charge in [-0.15, -0.1) is 0 Å². The average molecular weight is 379 g/mol. The van der Waals surface area contributed by atoms with Gasteiger partial charge in [0.1, 0.15) is 0 Å². The monoisotopic (exact) mass is 379 g/mol. The summed E-state index contributed by atoms with van der Waals surface area (Å²) in [6.45, 7) is 4.62. The number of anilines is 1. The lowest BCUT2D eigenvalue weighted by Crippen LogP contribution is -2.44. The number of hydrogen-bond donors (Lipinski definition) is 4. The van der Waals surface area contributed by atoms with E-state index in [-0.39, 0.29) is 24.0 Å². The van der Waals surface area contributed by atoms with Crippen molar-refractivity contribution in [3.63, 3.8) is 0 Å². The van der Waals surface area contributed by atoms with Gasteiger partial charge in [0.2, 0.25) is 0 Å². The molecule has 2 rings (SSSR count). The first-order valence-electron chi connectivity index (χ1n) is 8.99. The SMILES string of the molecule is CC(C)(CCN)NC(=O)c1cccc(CNC(=O)Nc2ccc(C#N)cc2)c1. The lowest BCUT2D eigenvalue weighted by Gasteiger charge is -2.25. The summed E-state index contributed by atoms with van der Waals surface area (Å²) in [5.74, 6) is -0.178. The van der Waals surface area contributed by atoms with Gasteiger partial charge in [-0.3, -0.25) is 4.79 Å². The largest absolute Gasteiger partial charge is 0.347 e. The molecule has 7 nitrogen and oxygen atoms in total. The Morgan fingerprint density at radius 1 is 1.14 bits per heavy atom. The van der Waals surface area contributed by atoms with E-state index in [1.807, 2.05) is 26.0 Å². The second-order valence-electron chi connectivity index (χ2n) is 7.07. The van der Waals surface area contributed by atoms with Crippen LogP contribution < -0.4 is 21.7 Å². The third-order valence-corrected chi connectivity index (χ3v) is 4.14. The number of rotatable bonds is 7. The number of carbonyl (C=O) groups is 2. The molecule has 0 fully saturated rings. The van der Waals surface area contributed by atoms with Crippen LogP contribution in [0, 0.1) is 11.3 Å². The lowest BCUT2D eigenvalue weighted by molar-refractivity contribution is 0.0910. The molecule has 146 valence electrons. The fourth-order valence-electron chi connectivity index (χ4n) is 2.61. The molecule has 7 heteroatoms. The van der Waals surface area contributed by atoms with Gasteiger partial charge in [-0.05, 0) is 68.8 Å². The van der Waals surface area contributed by atoms with Crippen molar-refractivity contribution in [2.75, 3.05) is 11.9 Å². The van der Waals surface area contributed by atoms with Gasteiger partial charge in [-0.1, -0.05) is 12.1 Å². The van der Waals surface area contributed by atoms with E-state index in [9.17, 15) is 9.59 Å². The van der Waals surface area contributed by atoms with Crippen molar-refractivity contribution in [2.45, 2.75) is 32.4 Å². The van der Waals surface area contributed by atoms with Crippen LogP contribution in [-0.4, -0.2) is 24.0 Å². The molecule has 0 atom stereocenters. The molecule has 0 bridgehead atoms. The van der Waals surface area contributed by atoms with Crippen molar-refractivity contribution in [1.82, 2.24) is 10.6 Å². The van der Waals surface area contributed by atoms with E-state index in [0.29, 0.717) is 29.8 Å². The standard InChI is InChI=1S/C21H25N5O2/c1-21(2,10-11-22)26-19(27)17-5-3-4-16(12-17)14-24-20(28)25-18-8-6-15(13-23)7-9-18/h3-9,12H,10-11,14,22H2,1-2H3,(H,26,27)(H2,24,25,28). The summed E-state index contributed by atoms with van der Waals surface area (Å²) in [5.41, 5.74) is 7.63. The Bertz CT molecular complexity index is 869. The van der Waals surface area contributed by atoms with Gasteiger partial charge in [0, 0.05) is 23.3 Å². The quantitative estimate of drug-likeness (QED) is 0.591. The van der Waals surface area contributed by atoms with E-state index in [4.69, 9.17) is 11.0 Å². The van der Waals surface area contributed by atoms with Crippen LogP contribution in [0.4, 0.5) is 10.5 Å². The zero-order chi connectivity index (χ0) is 20.6. The van der Waals surface area contributed by atoms with Gasteiger partial charge in [-0.25, -0.2) is 4.79 Å². The van der Waals surface area contributed by atoms with Crippen LogP contribution in [-0.2, 0) is 6.54 Å². The Labute approximate surface area is 164 Å². The molecule has 5 N–H and O–H groups in total. The Morgan fingerprint density at radius 3 is 2.50 bits per heavy atom. The molecule has 0 aliphatic carbocycles. The van der Waals surface area contributed by atoms with E-state index in [1.54, 1.807) is 42.5 Å². The van der Waals surface area contributed by atoms with Crippen LogP contribution >= 0.6 is 0 Å². The molecule has 0 saturated carbocycles. The Hall–Kier alpha value is -3.37. The van der Waals surface area contributed by atoms with E-state index in [1.165, 1.54) is 0 Å². The minimum absolute atomic E-state index is 0.178. The minimum atomic E-state index is -0.388. The van der Waals surface area contributed by atoms with Crippen LogP contribution in [0.5, 0.6) is 0 Å². The average Bonchev–Trinajstić information content (AvgIpc) is 2.67. The maximum absolute atomic E-state index is 12.4. The summed E-state index contributed by atoms with van der Waals surface area (Å²) >= 11 is 0. The smallest absolute Gasteiger partial charge is 0.319 e. The first-order chi connectivity index (χ1) is 13.3. The first kappa shape index (κ1) is 20.9. The fourth-order valence-corrected chi connectivity index (χ4v) is 2.61. The summed E-state index contributed by atoms with van der Waals surface area (Å²) in [5, 5.41) is 17.2. The zero-order valence-corrected chi connectivity index (χ0v) is 16.1. The summed E-state index contributed by atoms with van der Waals surface area (Å²) < 4.78 is 0. The van der Waals surface area contributed by atoms with Crippen LogP contribution in [0.2, 0.25) is 0 Å². The zero-order valence-electron chi connectivity index (χ0n) is 16.1. The molecule has 28 heavy (non-hydrogen) atoms. The first-order valence-corrected chi connectivity index (χ1v) is 8.99. The molecule has 2 aromatic carbocycles. The number of nitrogens with two attached hydrogens (primary N) is 1. The highest BCUT2D eigenvalue weighted by Gasteiger charge is 2.20. The van der Waals surface area contributed by atoms with Crippen molar-refractivity contribution >= 4 is 17.6 Å². The second-order valence-corrected chi connectivity index (χ2v) is 7.07. The van der Waals surface area contributed by atoms with E-state index < -0.39 is 0 Å². The molecular weight excluding hydrogens is 354 g/mol. The van der Waals surface area contributed by atoms with Gasteiger partial charge in [0.05, 0.1) is 11.6 Å². The number of hydrogen-bond acceptors (Lipinski definition) is 4. The Kier molecular flexibility index (Phi) is 7.13. The Balaban J connectivity index is 1.92. The van der Waals surface area contributed by atoms with Gasteiger partial charge in [0.15, 0.2) is 0 Å². The highest BCUT2D eigenvalue weighted by Crippen LogP contribution is 2.11. The normalized spacial score (nSPS) is 10.6. The van der Waals surface area contributed by atoms with Gasteiger partial charge in [0.25, 0.3) is 5.91 Å². The predicted molar refractivity (Wildman–Crippen MR) is 109 cm³/mol. The molecule has 0 saturated heterocycles. The number of urea groups is 1.